The van der Waals surface area contributed by atoms with Crippen molar-refractivity contribution in [2.75, 3.05) is 5.32 Å². The average molecular weight is 309 g/mol. The molecule has 1 aromatic carbocycles. The van der Waals surface area contributed by atoms with Crippen molar-refractivity contribution in [3.8, 4) is 11.3 Å². The van der Waals surface area contributed by atoms with Gasteiger partial charge < -0.3 is 9.73 Å². The van der Waals surface area contributed by atoms with E-state index in [0.29, 0.717) is 5.69 Å². The normalized spacial score (nSPS) is 10.9. The Morgan fingerprint density at radius 1 is 1.23 bits per heavy atom. The van der Waals surface area contributed by atoms with E-state index < -0.39 is 0 Å². The van der Waals surface area contributed by atoms with E-state index in [1.165, 1.54) is 6.26 Å². The number of carbonyl (C=O) groups excluding carboxylic acids is 1. The number of nitrogens with one attached hydrogen (secondary N) is 1. The second-order valence-corrected chi connectivity index (χ2v) is 5.57. The van der Waals surface area contributed by atoms with Crippen LogP contribution in [0.4, 0.5) is 5.69 Å². The molecule has 0 atom stereocenters. The van der Waals surface area contributed by atoms with Crippen molar-refractivity contribution in [2.45, 2.75) is 0 Å². The first-order chi connectivity index (χ1) is 10.8. The summed E-state index contributed by atoms with van der Waals surface area (Å²) in [6.07, 6.45) is 5.38. The molecule has 1 amide bonds. The molecular formula is C16H11N3O2S. The van der Waals surface area contributed by atoms with Gasteiger partial charge in [-0.05, 0) is 18.2 Å². The van der Waals surface area contributed by atoms with Crippen LogP contribution in [0.25, 0.3) is 16.2 Å². The van der Waals surface area contributed by atoms with E-state index >= 15 is 0 Å². The van der Waals surface area contributed by atoms with Crippen LogP contribution in [0.1, 0.15) is 10.6 Å². The van der Waals surface area contributed by atoms with Crippen LogP contribution in [0.2, 0.25) is 0 Å². The summed E-state index contributed by atoms with van der Waals surface area (Å²) in [7, 11) is 0. The summed E-state index contributed by atoms with van der Waals surface area (Å²) in [5.41, 5.74) is 2.40. The highest BCUT2D eigenvalue weighted by molar-refractivity contribution is 7.15. The third kappa shape index (κ3) is 2.19. The number of imidazole rings is 1. The van der Waals surface area contributed by atoms with Gasteiger partial charge in [0.25, 0.3) is 5.91 Å². The molecule has 0 radical (unpaired) electrons. The fourth-order valence-corrected chi connectivity index (χ4v) is 2.96. The van der Waals surface area contributed by atoms with Crippen LogP contribution in [0.5, 0.6) is 0 Å². The van der Waals surface area contributed by atoms with Gasteiger partial charge in [0, 0.05) is 23.3 Å². The van der Waals surface area contributed by atoms with Crippen LogP contribution in [-0.2, 0) is 0 Å². The lowest BCUT2D eigenvalue weighted by atomic mass is 10.1. The number of nitrogens with zero attached hydrogens (tertiary/aromatic N) is 2. The fourth-order valence-electron chi connectivity index (χ4n) is 2.26. The molecule has 0 spiro atoms. The van der Waals surface area contributed by atoms with Crippen molar-refractivity contribution in [3.05, 3.63) is 66.2 Å². The zero-order valence-electron chi connectivity index (χ0n) is 11.4. The lowest BCUT2D eigenvalue weighted by Crippen LogP contribution is -2.11. The Hall–Kier alpha value is -2.86. The number of aromatic nitrogens is 2. The summed E-state index contributed by atoms with van der Waals surface area (Å²) in [5.74, 6) is -0.000835. The molecule has 0 fully saturated rings. The van der Waals surface area contributed by atoms with Gasteiger partial charge in [-0.1, -0.05) is 18.2 Å². The van der Waals surface area contributed by atoms with Gasteiger partial charge in [0.2, 0.25) is 0 Å². The quantitative estimate of drug-likeness (QED) is 0.624. The summed E-state index contributed by atoms with van der Waals surface area (Å²) in [6.45, 7) is 0. The minimum absolute atomic E-state index is 0.278. The molecular weight excluding hydrogens is 298 g/mol. The van der Waals surface area contributed by atoms with Crippen LogP contribution in [0, 0.1) is 0 Å². The first kappa shape index (κ1) is 12.8. The Morgan fingerprint density at radius 2 is 2.14 bits per heavy atom. The highest BCUT2D eigenvalue weighted by atomic mass is 32.1. The van der Waals surface area contributed by atoms with Gasteiger partial charge in [-0.15, -0.1) is 11.3 Å². The van der Waals surface area contributed by atoms with E-state index in [1.54, 1.807) is 23.5 Å². The molecule has 0 aliphatic carbocycles. The molecule has 6 heteroatoms. The van der Waals surface area contributed by atoms with Crippen LogP contribution in [0.3, 0.4) is 0 Å². The standard InChI is InChI=1S/C16H11N3O2S/c20-15(14-6-3-8-21-14)17-12-5-2-1-4-11(12)13-10-19-7-9-22-16(19)18-13/h1-10H,(H,17,20). The molecule has 0 aliphatic heterocycles. The number of benzene rings is 1. The molecule has 108 valence electrons. The monoisotopic (exact) mass is 309 g/mol. The predicted molar refractivity (Wildman–Crippen MR) is 85.2 cm³/mol. The first-order valence-electron chi connectivity index (χ1n) is 6.68. The Morgan fingerprint density at radius 3 is 2.95 bits per heavy atom. The third-order valence-corrected chi connectivity index (χ3v) is 4.06. The van der Waals surface area contributed by atoms with Crippen molar-refractivity contribution in [1.82, 2.24) is 9.38 Å². The molecule has 0 saturated heterocycles. The molecule has 0 saturated carbocycles. The fraction of sp³-hybridized carbons (Fsp3) is 0. The largest absolute Gasteiger partial charge is 0.459 e. The van der Waals surface area contributed by atoms with Crippen molar-refractivity contribution in [2.24, 2.45) is 0 Å². The molecule has 1 N–H and O–H groups in total. The maximum atomic E-state index is 12.2. The van der Waals surface area contributed by atoms with Gasteiger partial charge in [0.05, 0.1) is 17.6 Å². The maximum Gasteiger partial charge on any atom is 0.291 e. The summed E-state index contributed by atoms with van der Waals surface area (Å²) < 4.78 is 7.08. The number of rotatable bonds is 3. The van der Waals surface area contributed by atoms with Gasteiger partial charge in [-0.25, -0.2) is 4.98 Å². The highest BCUT2D eigenvalue weighted by Gasteiger charge is 2.14. The molecule has 3 aromatic heterocycles. The average Bonchev–Trinajstić information content (AvgIpc) is 3.24. The Bertz CT molecular complexity index is 909. The molecule has 22 heavy (non-hydrogen) atoms. The van der Waals surface area contributed by atoms with Crippen molar-refractivity contribution >= 4 is 27.9 Å². The predicted octanol–water partition coefficient (Wildman–Crippen LogP) is 3.91. The maximum absolute atomic E-state index is 12.2. The molecule has 5 nitrogen and oxygen atoms in total. The second kappa shape index (κ2) is 5.16. The number of anilines is 1. The van der Waals surface area contributed by atoms with E-state index in [1.807, 2.05) is 46.4 Å². The van der Waals surface area contributed by atoms with E-state index in [-0.39, 0.29) is 11.7 Å². The Kier molecular flexibility index (Phi) is 3.01. The van der Waals surface area contributed by atoms with E-state index in [2.05, 4.69) is 10.3 Å². The smallest absolute Gasteiger partial charge is 0.291 e. The van der Waals surface area contributed by atoms with Gasteiger partial charge in [0.1, 0.15) is 0 Å². The molecule has 3 heterocycles. The van der Waals surface area contributed by atoms with Crippen molar-refractivity contribution in [3.63, 3.8) is 0 Å². The number of fused-ring (bicyclic) bond motifs is 1. The number of thiazole rings is 1. The van der Waals surface area contributed by atoms with E-state index in [9.17, 15) is 4.79 Å². The minimum atomic E-state index is -0.279. The summed E-state index contributed by atoms with van der Waals surface area (Å²) in [5, 5.41) is 4.85. The zero-order valence-corrected chi connectivity index (χ0v) is 12.2. The molecule has 0 bridgehead atoms. The Labute approximate surface area is 129 Å². The lowest BCUT2D eigenvalue weighted by Gasteiger charge is -2.08. The van der Waals surface area contributed by atoms with Crippen LogP contribution >= 0.6 is 11.3 Å². The van der Waals surface area contributed by atoms with Gasteiger partial charge in [-0.2, -0.15) is 0 Å². The molecule has 4 aromatic rings. The van der Waals surface area contributed by atoms with Crippen molar-refractivity contribution in [1.29, 1.82) is 0 Å². The summed E-state index contributed by atoms with van der Waals surface area (Å²) >= 11 is 1.57. The first-order valence-corrected chi connectivity index (χ1v) is 7.56. The Balaban J connectivity index is 1.71. The van der Waals surface area contributed by atoms with Gasteiger partial charge >= 0.3 is 0 Å². The highest BCUT2D eigenvalue weighted by Crippen LogP contribution is 2.28. The third-order valence-electron chi connectivity index (χ3n) is 3.29. The molecule has 0 aliphatic rings. The summed E-state index contributed by atoms with van der Waals surface area (Å²) in [4.78, 5) is 17.7. The topological polar surface area (TPSA) is 59.5 Å². The number of hydrogen-bond donors (Lipinski definition) is 1. The second-order valence-electron chi connectivity index (χ2n) is 4.70. The number of furan rings is 1. The zero-order chi connectivity index (χ0) is 14.9. The molecule has 0 unspecified atom stereocenters. The summed E-state index contributed by atoms with van der Waals surface area (Å²) in [6, 6.07) is 10.9. The van der Waals surface area contributed by atoms with E-state index in [4.69, 9.17) is 4.42 Å². The lowest BCUT2D eigenvalue weighted by molar-refractivity contribution is 0.0996. The van der Waals surface area contributed by atoms with Gasteiger partial charge in [-0.3, -0.25) is 9.20 Å². The number of amides is 1. The van der Waals surface area contributed by atoms with Crippen LogP contribution in [0.15, 0.2) is 64.9 Å². The van der Waals surface area contributed by atoms with Crippen LogP contribution in [-0.4, -0.2) is 15.3 Å². The van der Waals surface area contributed by atoms with Crippen LogP contribution < -0.4 is 5.32 Å². The SMILES string of the molecule is O=C(Nc1ccccc1-c1cn2ccsc2n1)c1ccco1. The number of carbonyl (C=O) groups is 1. The van der Waals surface area contributed by atoms with E-state index in [0.717, 1.165) is 16.2 Å². The number of para-hydroxylation sites is 1. The minimum Gasteiger partial charge on any atom is -0.459 e. The number of hydrogen-bond acceptors (Lipinski definition) is 4. The van der Waals surface area contributed by atoms with Crippen molar-refractivity contribution < 1.29 is 9.21 Å². The molecule has 4 rings (SSSR count). The van der Waals surface area contributed by atoms with Gasteiger partial charge in [0.15, 0.2) is 10.7 Å².